The second kappa shape index (κ2) is 11.2. The third-order valence-corrected chi connectivity index (χ3v) is 4.58. The number of hydrogen-bond acceptors (Lipinski definition) is 8. The molecule has 0 aromatic heterocycles. The summed E-state index contributed by atoms with van der Waals surface area (Å²) < 4.78 is 10.6. The topological polar surface area (TPSA) is 132 Å². The van der Waals surface area contributed by atoms with Crippen molar-refractivity contribution in [3.8, 4) is 11.5 Å². The Morgan fingerprint density at radius 2 is 1.82 bits per heavy atom. The van der Waals surface area contributed by atoms with Gasteiger partial charge in [-0.3, -0.25) is 14.9 Å². The number of non-ortho nitro benzene ring substituents is 1. The van der Waals surface area contributed by atoms with Gasteiger partial charge in [0.05, 0.1) is 30.4 Å². The third-order valence-electron chi connectivity index (χ3n) is 4.58. The lowest BCUT2D eigenvalue weighted by Crippen LogP contribution is -2.25. The van der Waals surface area contributed by atoms with Crippen LogP contribution in [0.25, 0.3) is 0 Å². The Balaban J connectivity index is 1.57. The van der Waals surface area contributed by atoms with Crippen LogP contribution in [-0.4, -0.2) is 36.7 Å². The Bertz CT molecular complexity index is 1220. The van der Waals surface area contributed by atoms with Gasteiger partial charge in [-0.05, 0) is 60.5 Å². The average Bonchev–Trinajstić information content (AvgIpc) is 2.83. The molecular weight excluding hydrogens is 440 g/mol. The van der Waals surface area contributed by atoms with Crippen molar-refractivity contribution in [2.45, 2.75) is 6.92 Å². The lowest BCUT2D eigenvalue weighted by Gasteiger charge is -2.10. The Labute approximate surface area is 195 Å². The van der Waals surface area contributed by atoms with Gasteiger partial charge in [-0.25, -0.2) is 10.2 Å². The van der Waals surface area contributed by atoms with E-state index >= 15 is 0 Å². The monoisotopic (exact) mass is 462 g/mol. The molecule has 1 amide bonds. The van der Waals surface area contributed by atoms with Gasteiger partial charge >= 0.3 is 5.97 Å². The minimum Gasteiger partial charge on any atom is -0.493 e. The number of rotatable bonds is 9. The number of hydrazone groups is 1. The highest BCUT2D eigenvalue weighted by molar-refractivity contribution is 5.92. The molecule has 0 aliphatic carbocycles. The van der Waals surface area contributed by atoms with Crippen LogP contribution in [0.5, 0.6) is 11.5 Å². The number of amides is 1. The van der Waals surface area contributed by atoms with Crippen molar-refractivity contribution < 1.29 is 24.0 Å². The van der Waals surface area contributed by atoms with E-state index in [4.69, 9.17) is 9.47 Å². The fraction of sp³-hybridized carbons (Fsp3) is 0.125. The van der Waals surface area contributed by atoms with Crippen LogP contribution in [0.15, 0.2) is 71.8 Å². The number of benzene rings is 3. The molecule has 0 bridgehead atoms. The minimum atomic E-state index is -0.692. The molecule has 0 aliphatic heterocycles. The molecule has 0 saturated carbocycles. The summed E-state index contributed by atoms with van der Waals surface area (Å²) in [5.41, 5.74) is 4.97. The smallest absolute Gasteiger partial charge is 0.343 e. The summed E-state index contributed by atoms with van der Waals surface area (Å²) in [4.78, 5) is 34.5. The van der Waals surface area contributed by atoms with Gasteiger partial charge in [0.2, 0.25) is 0 Å². The number of nitro groups is 1. The van der Waals surface area contributed by atoms with E-state index in [1.165, 1.54) is 43.7 Å². The summed E-state index contributed by atoms with van der Waals surface area (Å²) >= 11 is 0. The Kier molecular flexibility index (Phi) is 7.90. The molecule has 0 aliphatic rings. The quantitative estimate of drug-likeness (QED) is 0.163. The summed E-state index contributed by atoms with van der Waals surface area (Å²) in [5.74, 6) is -0.581. The highest BCUT2D eigenvalue weighted by Crippen LogP contribution is 2.28. The van der Waals surface area contributed by atoms with E-state index in [9.17, 15) is 19.7 Å². The fourth-order valence-corrected chi connectivity index (χ4v) is 2.88. The average molecular weight is 462 g/mol. The molecule has 0 atom stereocenters. The predicted octanol–water partition coefficient (Wildman–Crippen LogP) is 3.69. The van der Waals surface area contributed by atoms with Crippen LogP contribution >= 0.6 is 0 Å². The predicted molar refractivity (Wildman–Crippen MR) is 126 cm³/mol. The van der Waals surface area contributed by atoms with Crippen LogP contribution in [0, 0.1) is 17.0 Å². The lowest BCUT2D eigenvalue weighted by atomic mass is 10.2. The third kappa shape index (κ3) is 6.63. The molecule has 3 rings (SSSR count). The van der Waals surface area contributed by atoms with Crippen LogP contribution in [0.1, 0.15) is 21.5 Å². The first-order chi connectivity index (χ1) is 16.4. The zero-order chi connectivity index (χ0) is 24.5. The molecule has 3 aromatic rings. The first-order valence-corrected chi connectivity index (χ1v) is 10.1. The van der Waals surface area contributed by atoms with E-state index in [1.807, 2.05) is 31.2 Å². The first-order valence-electron chi connectivity index (χ1n) is 10.1. The number of hydrogen-bond donors (Lipinski definition) is 2. The maximum atomic E-state index is 12.4. The molecule has 174 valence electrons. The number of aryl methyl sites for hydroxylation is 1. The molecule has 0 unspecified atom stereocenters. The molecule has 0 heterocycles. The van der Waals surface area contributed by atoms with Gasteiger partial charge in [0.25, 0.3) is 11.6 Å². The summed E-state index contributed by atoms with van der Waals surface area (Å²) in [6.45, 7) is 2.02. The van der Waals surface area contributed by atoms with Crippen LogP contribution in [0.3, 0.4) is 0 Å². The normalized spacial score (nSPS) is 10.5. The standard InChI is InChI=1S/C24H22N4O6/c1-16-4-3-5-19(12-16)25-15-23(29)27-26-14-17-6-11-21(22(13-17)33-2)34-24(30)18-7-9-20(10-8-18)28(31)32/h3-14,25H,15H2,1-2H3,(H,27,29)/b26-14+. The molecule has 2 N–H and O–H groups in total. The zero-order valence-corrected chi connectivity index (χ0v) is 18.5. The first kappa shape index (κ1) is 23.9. The van der Waals surface area contributed by atoms with Crippen molar-refractivity contribution in [3.63, 3.8) is 0 Å². The Hall–Kier alpha value is -4.73. The maximum absolute atomic E-state index is 12.4. The van der Waals surface area contributed by atoms with Crippen LogP contribution in [0.4, 0.5) is 11.4 Å². The highest BCUT2D eigenvalue weighted by atomic mass is 16.6. The van der Waals surface area contributed by atoms with Crippen molar-refractivity contribution >= 4 is 29.5 Å². The van der Waals surface area contributed by atoms with Gasteiger partial charge in [0.15, 0.2) is 11.5 Å². The molecule has 10 heteroatoms. The molecular formula is C24H22N4O6. The van der Waals surface area contributed by atoms with Gasteiger partial charge in [0, 0.05) is 17.8 Å². The van der Waals surface area contributed by atoms with E-state index in [2.05, 4.69) is 15.8 Å². The summed E-state index contributed by atoms with van der Waals surface area (Å²) in [7, 11) is 1.41. The van der Waals surface area contributed by atoms with E-state index in [0.29, 0.717) is 5.56 Å². The number of nitrogens with zero attached hydrogens (tertiary/aromatic N) is 2. The van der Waals surface area contributed by atoms with E-state index in [0.717, 1.165) is 11.3 Å². The van der Waals surface area contributed by atoms with E-state index in [-0.39, 0.29) is 35.2 Å². The van der Waals surface area contributed by atoms with Gasteiger partial charge in [0.1, 0.15) is 0 Å². The molecule has 0 saturated heterocycles. The lowest BCUT2D eigenvalue weighted by molar-refractivity contribution is -0.384. The molecule has 10 nitrogen and oxygen atoms in total. The number of esters is 1. The maximum Gasteiger partial charge on any atom is 0.343 e. The number of carbonyl (C=O) groups excluding carboxylic acids is 2. The number of nitro benzene ring substituents is 1. The van der Waals surface area contributed by atoms with Crippen LogP contribution in [0.2, 0.25) is 0 Å². The van der Waals surface area contributed by atoms with Crippen molar-refractivity contribution in [2.75, 3.05) is 19.0 Å². The second-order valence-corrected chi connectivity index (χ2v) is 7.12. The molecule has 0 spiro atoms. The highest BCUT2D eigenvalue weighted by Gasteiger charge is 2.14. The van der Waals surface area contributed by atoms with Crippen LogP contribution < -0.4 is 20.2 Å². The van der Waals surface area contributed by atoms with Gasteiger partial charge < -0.3 is 14.8 Å². The number of methoxy groups -OCH3 is 1. The largest absolute Gasteiger partial charge is 0.493 e. The van der Waals surface area contributed by atoms with E-state index < -0.39 is 10.9 Å². The SMILES string of the molecule is COc1cc(/C=N/NC(=O)CNc2cccc(C)c2)ccc1OC(=O)c1ccc([N+](=O)[O-])cc1. The number of nitrogens with one attached hydrogen (secondary N) is 2. The van der Waals surface area contributed by atoms with Crippen LogP contribution in [-0.2, 0) is 4.79 Å². The molecule has 34 heavy (non-hydrogen) atoms. The van der Waals surface area contributed by atoms with Crippen molar-refractivity contribution in [3.05, 3.63) is 93.5 Å². The number of carbonyl (C=O) groups is 2. The van der Waals surface area contributed by atoms with Gasteiger partial charge in [-0.2, -0.15) is 5.10 Å². The van der Waals surface area contributed by atoms with E-state index in [1.54, 1.807) is 12.1 Å². The molecule has 3 aromatic carbocycles. The number of anilines is 1. The zero-order valence-electron chi connectivity index (χ0n) is 18.5. The van der Waals surface area contributed by atoms with Crippen molar-refractivity contribution in [2.24, 2.45) is 5.10 Å². The van der Waals surface area contributed by atoms with Crippen molar-refractivity contribution in [1.82, 2.24) is 5.43 Å². The number of ether oxygens (including phenoxy) is 2. The Morgan fingerprint density at radius 3 is 2.50 bits per heavy atom. The summed E-state index contributed by atoms with van der Waals surface area (Å²) in [6.07, 6.45) is 1.43. The Morgan fingerprint density at radius 1 is 1.06 bits per heavy atom. The minimum absolute atomic E-state index is 0.0572. The fourth-order valence-electron chi connectivity index (χ4n) is 2.88. The van der Waals surface area contributed by atoms with Gasteiger partial charge in [-0.1, -0.05) is 12.1 Å². The molecule has 0 fully saturated rings. The summed E-state index contributed by atoms with van der Waals surface area (Å²) in [5, 5.41) is 17.7. The summed E-state index contributed by atoms with van der Waals surface area (Å²) in [6, 6.07) is 17.4. The second-order valence-electron chi connectivity index (χ2n) is 7.12. The molecule has 0 radical (unpaired) electrons. The van der Waals surface area contributed by atoms with Crippen molar-refractivity contribution in [1.29, 1.82) is 0 Å². The van der Waals surface area contributed by atoms with Gasteiger partial charge in [-0.15, -0.1) is 0 Å².